The largest absolute Gasteiger partial charge is 0.387 e. The summed E-state index contributed by atoms with van der Waals surface area (Å²) >= 11 is 6.06. The fourth-order valence-corrected chi connectivity index (χ4v) is 2.83. The number of aliphatic hydroxyl groups excluding tert-OH is 1. The monoisotopic (exact) mass is 253 g/mol. The molecular weight excluding hydrogens is 234 g/mol. The Balaban J connectivity index is 1.89. The van der Waals surface area contributed by atoms with Crippen LogP contribution in [-0.2, 0) is 0 Å². The van der Waals surface area contributed by atoms with Gasteiger partial charge in [-0.15, -0.1) is 0 Å². The van der Waals surface area contributed by atoms with Crippen LogP contribution >= 0.6 is 11.6 Å². The Hall–Kier alpha value is -0.570. The molecule has 3 heteroatoms. The first-order chi connectivity index (χ1) is 8.18. The van der Waals surface area contributed by atoms with Gasteiger partial charge in [0.25, 0.3) is 0 Å². The molecule has 2 rings (SSSR count). The zero-order valence-electron chi connectivity index (χ0n) is 10.2. The Bertz CT molecular complexity index is 369. The summed E-state index contributed by atoms with van der Waals surface area (Å²) in [6.45, 7) is 2.85. The van der Waals surface area contributed by atoms with Crippen molar-refractivity contribution in [2.45, 2.75) is 38.3 Å². The van der Waals surface area contributed by atoms with Crippen molar-refractivity contribution in [2.24, 2.45) is 5.92 Å². The van der Waals surface area contributed by atoms with E-state index in [9.17, 15) is 5.11 Å². The summed E-state index contributed by atoms with van der Waals surface area (Å²) in [6.07, 6.45) is 3.29. The van der Waals surface area contributed by atoms with Gasteiger partial charge in [-0.25, -0.2) is 0 Å². The molecule has 1 aromatic carbocycles. The molecule has 0 bridgehead atoms. The summed E-state index contributed by atoms with van der Waals surface area (Å²) < 4.78 is 0. The van der Waals surface area contributed by atoms with E-state index in [0.29, 0.717) is 23.5 Å². The van der Waals surface area contributed by atoms with Crippen molar-refractivity contribution in [3.63, 3.8) is 0 Å². The Morgan fingerprint density at radius 3 is 2.82 bits per heavy atom. The van der Waals surface area contributed by atoms with Gasteiger partial charge in [0, 0.05) is 23.2 Å². The van der Waals surface area contributed by atoms with Crippen molar-refractivity contribution < 1.29 is 5.11 Å². The zero-order chi connectivity index (χ0) is 12.3. The molecule has 1 aromatic rings. The number of hydrogen-bond acceptors (Lipinski definition) is 2. The van der Waals surface area contributed by atoms with Gasteiger partial charge < -0.3 is 10.4 Å². The van der Waals surface area contributed by atoms with Crippen LogP contribution in [-0.4, -0.2) is 17.7 Å². The average molecular weight is 254 g/mol. The Morgan fingerprint density at radius 2 is 2.18 bits per heavy atom. The van der Waals surface area contributed by atoms with Crippen LogP contribution in [0.1, 0.15) is 37.9 Å². The van der Waals surface area contributed by atoms with Gasteiger partial charge >= 0.3 is 0 Å². The summed E-state index contributed by atoms with van der Waals surface area (Å²) in [7, 11) is 0. The minimum atomic E-state index is -0.517. The van der Waals surface area contributed by atoms with Gasteiger partial charge in [-0.1, -0.05) is 43.1 Å². The summed E-state index contributed by atoms with van der Waals surface area (Å²) in [5.41, 5.74) is 0.812. The maximum atomic E-state index is 10.1. The van der Waals surface area contributed by atoms with E-state index in [1.54, 1.807) is 0 Å². The van der Waals surface area contributed by atoms with E-state index in [-0.39, 0.29) is 0 Å². The molecule has 3 atom stereocenters. The van der Waals surface area contributed by atoms with Crippen molar-refractivity contribution in [3.05, 3.63) is 34.9 Å². The maximum absolute atomic E-state index is 10.1. The Kier molecular flexibility index (Phi) is 4.43. The Labute approximate surface area is 108 Å². The van der Waals surface area contributed by atoms with Crippen LogP contribution in [0.4, 0.5) is 0 Å². The van der Waals surface area contributed by atoms with Crippen LogP contribution < -0.4 is 5.32 Å². The molecule has 0 aromatic heterocycles. The standard InChI is InChI=1S/C14H20ClNO/c1-10-5-4-8-13(10)16-9-14(17)11-6-2-3-7-12(11)15/h2-3,6-7,10,13-14,16-17H,4-5,8-9H2,1H3. The predicted octanol–water partition coefficient (Wildman–Crippen LogP) is 3.15. The number of nitrogens with one attached hydrogen (secondary N) is 1. The summed E-state index contributed by atoms with van der Waals surface area (Å²) in [4.78, 5) is 0. The second kappa shape index (κ2) is 5.85. The number of rotatable bonds is 4. The third-order valence-corrected chi connectivity index (χ3v) is 4.04. The minimum absolute atomic E-state index is 0.517. The van der Waals surface area contributed by atoms with Gasteiger partial charge in [-0.05, 0) is 24.8 Å². The second-order valence-corrected chi connectivity index (χ2v) is 5.37. The minimum Gasteiger partial charge on any atom is -0.387 e. The molecule has 0 amide bonds. The van der Waals surface area contributed by atoms with E-state index in [2.05, 4.69) is 12.2 Å². The van der Waals surface area contributed by atoms with Gasteiger partial charge in [0.2, 0.25) is 0 Å². The van der Waals surface area contributed by atoms with E-state index in [1.165, 1.54) is 19.3 Å². The first-order valence-corrected chi connectivity index (χ1v) is 6.72. The highest BCUT2D eigenvalue weighted by atomic mass is 35.5. The van der Waals surface area contributed by atoms with E-state index in [0.717, 1.165) is 5.56 Å². The molecule has 1 fully saturated rings. The molecule has 0 saturated heterocycles. The Morgan fingerprint density at radius 1 is 1.41 bits per heavy atom. The lowest BCUT2D eigenvalue weighted by Crippen LogP contribution is -2.34. The lowest BCUT2D eigenvalue weighted by atomic mass is 10.1. The smallest absolute Gasteiger partial charge is 0.0928 e. The molecule has 0 radical (unpaired) electrons. The molecular formula is C14H20ClNO. The molecule has 1 aliphatic carbocycles. The van der Waals surface area contributed by atoms with Gasteiger partial charge in [-0.2, -0.15) is 0 Å². The van der Waals surface area contributed by atoms with Gasteiger partial charge in [0.15, 0.2) is 0 Å². The molecule has 2 nitrogen and oxygen atoms in total. The fraction of sp³-hybridized carbons (Fsp3) is 0.571. The number of benzene rings is 1. The average Bonchev–Trinajstić information content (AvgIpc) is 2.72. The van der Waals surface area contributed by atoms with Crippen molar-refractivity contribution >= 4 is 11.6 Å². The topological polar surface area (TPSA) is 32.3 Å². The predicted molar refractivity (Wildman–Crippen MR) is 71.2 cm³/mol. The normalized spacial score (nSPS) is 26.1. The lowest BCUT2D eigenvalue weighted by molar-refractivity contribution is 0.167. The highest BCUT2D eigenvalue weighted by molar-refractivity contribution is 6.31. The van der Waals surface area contributed by atoms with Crippen molar-refractivity contribution in [2.75, 3.05) is 6.54 Å². The number of hydrogen-bond donors (Lipinski definition) is 2. The molecule has 2 N–H and O–H groups in total. The molecule has 0 spiro atoms. The number of halogens is 1. The highest BCUT2D eigenvalue weighted by Crippen LogP contribution is 2.26. The molecule has 0 aliphatic heterocycles. The van der Waals surface area contributed by atoms with Gasteiger partial charge in [0.1, 0.15) is 0 Å². The van der Waals surface area contributed by atoms with E-state index in [1.807, 2.05) is 24.3 Å². The van der Waals surface area contributed by atoms with Crippen LogP contribution in [0.3, 0.4) is 0 Å². The fourth-order valence-electron chi connectivity index (χ4n) is 2.57. The van der Waals surface area contributed by atoms with Crippen LogP contribution in [0.25, 0.3) is 0 Å². The second-order valence-electron chi connectivity index (χ2n) is 4.96. The summed E-state index contributed by atoms with van der Waals surface area (Å²) in [5.74, 6) is 0.716. The first kappa shape index (κ1) is 12.9. The third kappa shape index (κ3) is 3.21. The van der Waals surface area contributed by atoms with Gasteiger partial charge in [0.05, 0.1) is 6.10 Å². The number of aliphatic hydroxyl groups is 1. The SMILES string of the molecule is CC1CCCC1NCC(O)c1ccccc1Cl. The van der Waals surface area contributed by atoms with E-state index >= 15 is 0 Å². The van der Waals surface area contributed by atoms with E-state index < -0.39 is 6.10 Å². The highest BCUT2D eigenvalue weighted by Gasteiger charge is 2.23. The first-order valence-electron chi connectivity index (χ1n) is 6.34. The molecule has 0 heterocycles. The van der Waals surface area contributed by atoms with Crippen LogP contribution in [0.15, 0.2) is 24.3 Å². The molecule has 1 aliphatic rings. The molecule has 94 valence electrons. The zero-order valence-corrected chi connectivity index (χ0v) is 11.0. The summed E-state index contributed by atoms with van der Waals surface area (Å²) in [6, 6.07) is 8.03. The lowest BCUT2D eigenvalue weighted by Gasteiger charge is -2.20. The quantitative estimate of drug-likeness (QED) is 0.864. The molecule has 1 saturated carbocycles. The van der Waals surface area contributed by atoms with Gasteiger partial charge in [-0.3, -0.25) is 0 Å². The van der Waals surface area contributed by atoms with Crippen molar-refractivity contribution in [1.29, 1.82) is 0 Å². The van der Waals surface area contributed by atoms with Crippen molar-refractivity contribution in [1.82, 2.24) is 5.32 Å². The van der Waals surface area contributed by atoms with Crippen LogP contribution in [0, 0.1) is 5.92 Å². The molecule has 17 heavy (non-hydrogen) atoms. The van der Waals surface area contributed by atoms with Crippen LogP contribution in [0.2, 0.25) is 5.02 Å². The maximum Gasteiger partial charge on any atom is 0.0928 e. The van der Waals surface area contributed by atoms with E-state index in [4.69, 9.17) is 11.6 Å². The van der Waals surface area contributed by atoms with Crippen molar-refractivity contribution in [3.8, 4) is 0 Å². The molecule has 3 unspecified atom stereocenters. The third-order valence-electron chi connectivity index (χ3n) is 3.70. The summed E-state index contributed by atoms with van der Waals surface area (Å²) in [5, 5.41) is 14.2. The van der Waals surface area contributed by atoms with Crippen LogP contribution in [0.5, 0.6) is 0 Å².